The maximum absolute atomic E-state index is 13.1. The maximum atomic E-state index is 13.1. The molecule has 1 atom stereocenters. The summed E-state index contributed by atoms with van der Waals surface area (Å²) in [5.74, 6) is -0.830. The molecule has 0 saturated carbocycles. The summed E-state index contributed by atoms with van der Waals surface area (Å²) in [5.41, 5.74) is 2.51. The molecule has 0 radical (unpaired) electrons. The predicted octanol–water partition coefficient (Wildman–Crippen LogP) is 3.62. The monoisotopic (exact) mass is 395 g/mol. The molecule has 0 unspecified atom stereocenters. The van der Waals surface area contributed by atoms with Gasteiger partial charge in [-0.15, -0.1) is 5.10 Å². The predicted molar refractivity (Wildman–Crippen MR) is 107 cm³/mol. The molecule has 1 aromatic heterocycles. The van der Waals surface area contributed by atoms with Crippen LogP contribution in [0.3, 0.4) is 0 Å². The van der Waals surface area contributed by atoms with Crippen LogP contribution < -0.4 is 0 Å². The molecule has 1 amide bonds. The highest BCUT2D eigenvalue weighted by Crippen LogP contribution is 2.16. The highest BCUT2D eigenvalue weighted by atomic mass is 32.1. The second-order valence-corrected chi connectivity index (χ2v) is 7.15. The molecule has 0 bridgehead atoms. The van der Waals surface area contributed by atoms with E-state index < -0.39 is 12.1 Å². The first-order valence-corrected chi connectivity index (χ1v) is 9.68. The molecular weight excluding hydrogens is 374 g/mol. The van der Waals surface area contributed by atoms with Crippen molar-refractivity contribution in [2.45, 2.75) is 33.0 Å². The Morgan fingerprint density at radius 2 is 1.54 bits per heavy atom. The summed E-state index contributed by atoms with van der Waals surface area (Å²) >= 11 is 0.964. The molecule has 144 valence electrons. The summed E-state index contributed by atoms with van der Waals surface area (Å²) in [4.78, 5) is 27.4. The van der Waals surface area contributed by atoms with Crippen LogP contribution in [0.15, 0.2) is 60.7 Å². The zero-order valence-electron chi connectivity index (χ0n) is 15.7. The normalized spacial score (nSPS) is 11.6. The van der Waals surface area contributed by atoms with Gasteiger partial charge in [-0.05, 0) is 36.5 Å². The van der Waals surface area contributed by atoms with E-state index in [1.807, 2.05) is 60.7 Å². The van der Waals surface area contributed by atoms with Gasteiger partial charge in [-0.3, -0.25) is 4.79 Å². The number of carbonyl (C=O) groups is 2. The van der Waals surface area contributed by atoms with Gasteiger partial charge in [0.15, 0.2) is 11.0 Å². The van der Waals surface area contributed by atoms with Gasteiger partial charge in [-0.1, -0.05) is 65.2 Å². The van der Waals surface area contributed by atoms with Crippen molar-refractivity contribution in [3.63, 3.8) is 0 Å². The molecule has 0 aliphatic rings. The first kappa shape index (κ1) is 19.7. The molecule has 0 fully saturated rings. The second kappa shape index (κ2) is 9.23. The second-order valence-electron chi connectivity index (χ2n) is 6.40. The average Bonchev–Trinajstić information content (AvgIpc) is 3.14. The highest BCUT2D eigenvalue weighted by Gasteiger charge is 2.26. The average molecular weight is 395 g/mol. The number of rotatable bonds is 7. The molecular formula is C21H21N3O3S. The number of benzene rings is 2. The van der Waals surface area contributed by atoms with Crippen LogP contribution in [0.2, 0.25) is 0 Å². The number of carbonyl (C=O) groups excluding carboxylic acids is 2. The van der Waals surface area contributed by atoms with E-state index in [-0.39, 0.29) is 5.91 Å². The van der Waals surface area contributed by atoms with Crippen molar-refractivity contribution in [3.05, 3.63) is 82.4 Å². The minimum atomic E-state index is -0.915. The number of aryl methyl sites for hydroxylation is 1. The van der Waals surface area contributed by atoms with E-state index in [1.54, 1.807) is 18.7 Å². The largest absolute Gasteiger partial charge is 0.448 e. The molecule has 0 aliphatic heterocycles. The van der Waals surface area contributed by atoms with Crippen LogP contribution in [0.25, 0.3) is 0 Å². The van der Waals surface area contributed by atoms with E-state index in [2.05, 4.69) is 9.59 Å². The fourth-order valence-electron chi connectivity index (χ4n) is 2.76. The summed E-state index contributed by atoms with van der Waals surface area (Å²) in [6.07, 6.45) is -0.915. The van der Waals surface area contributed by atoms with Gasteiger partial charge in [0.1, 0.15) is 0 Å². The van der Waals surface area contributed by atoms with E-state index >= 15 is 0 Å². The zero-order valence-corrected chi connectivity index (χ0v) is 16.6. The third-order valence-electron chi connectivity index (χ3n) is 4.21. The number of nitrogens with zero attached hydrogens (tertiary/aromatic N) is 3. The van der Waals surface area contributed by atoms with Crippen LogP contribution in [0.4, 0.5) is 0 Å². The van der Waals surface area contributed by atoms with Crippen molar-refractivity contribution in [1.29, 1.82) is 0 Å². The number of ether oxygens (including phenoxy) is 1. The van der Waals surface area contributed by atoms with E-state index in [0.29, 0.717) is 23.7 Å². The Bertz CT molecular complexity index is 887. The Hall–Kier alpha value is -3.06. The quantitative estimate of drug-likeness (QED) is 0.571. The molecule has 6 nitrogen and oxygen atoms in total. The lowest BCUT2D eigenvalue weighted by atomic mass is 10.1. The van der Waals surface area contributed by atoms with E-state index in [1.165, 1.54) is 0 Å². The SMILES string of the molecule is Cc1nnsc1C(=O)O[C@@H](C)C(=O)N(Cc1ccccc1)Cc1ccccc1. The summed E-state index contributed by atoms with van der Waals surface area (Å²) in [7, 11) is 0. The fraction of sp³-hybridized carbons (Fsp3) is 0.238. The summed E-state index contributed by atoms with van der Waals surface area (Å²) in [6, 6.07) is 19.5. The molecule has 28 heavy (non-hydrogen) atoms. The van der Waals surface area contributed by atoms with Crippen LogP contribution in [-0.4, -0.2) is 32.5 Å². The van der Waals surface area contributed by atoms with Gasteiger partial charge in [0.25, 0.3) is 5.91 Å². The number of aromatic nitrogens is 2. The molecule has 3 aromatic rings. The Balaban J connectivity index is 1.74. The van der Waals surface area contributed by atoms with Crippen molar-refractivity contribution in [2.75, 3.05) is 0 Å². The minimum absolute atomic E-state index is 0.254. The van der Waals surface area contributed by atoms with Gasteiger partial charge >= 0.3 is 5.97 Å². The standard InChI is InChI=1S/C21H21N3O3S/c1-15-19(28-23-22-15)21(26)27-16(2)20(25)24(13-17-9-5-3-6-10-17)14-18-11-7-4-8-12-18/h3-12,16H,13-14H2,1-2H3/t16-/m0/s1. The Labute approximate surface area is 167 Å². The Kier molecular flexibility index (Phi) is 6.49. The number of hydrogen-bond acceptors (Lipinski definition) is 6. The fourth-order valence-corrected chi connectivity index (χ4v) is 3.30. The van der Waals surface area contributed by atoms with Crippen molar-refractivity contribution < 1.29 is 14.3 Å². The molecule has 7 heteroatoms. The van der Waals surface area contributed by atoms with E-state index in [4.69, 9.17) is 4.74 Å². The molecule has 0 saturated heterocycles. The van der Waals surface area contributed by atoms with E-state index in [9.17, 15) is 9.59 Å². The Morgan fingerprint density at radius 1 is 1.00 bits per heavy atom. The number of esters is 1. The van der Waals surface area contributed by atoms with Crippen LogP contribution in [0.5, 0.6) is 0 Å². The van der Waals surface area contributed by atoms with E-state index in [0.717, 1.165) is 22.7 Å². The first-order valence-electron chi connectivity index (χ1n) is 8.91. The number of hydrogen-bond donors (Lipinski definition) is 0. The smallest absolute Gasteiger partial charge is 0.352 e. The van der Waals surface area contributed by atoms with Gasteiger partial charge < -0.3 is 9.64 Å². The van der Waals surface area contributed by atoms with Crippen LogP contribution in [-0.2, 0) is 22.6 Å². The summed E-state index contributed by atoms with van der Waals surface area (Å²) in [6.45, 7) is 4.13. The van der Waals surface area contributed by atoms with Crippen LogP contribution in [0.1, 0.15) is 33.4 Å². The molecule has 1 heterocycles. The molecule has 0 aliphatic carbocycles. The van der Waals surface area contributed by atoms with Gasteiger partial charge in [0, 0.05) is 13.1 Å². The van der Waals surface area contributed by atoms with Gasteiger partial charge in [-0.25, -0.2) is 4.79 Å². The maximum Gasteiger partial charge on any atom is 0.352 e. The van der Waals surface area contributed by atoms with Crippen LogP contribution >= 0.6 is 11.5 Å². The Morgan fingerprint density at radius 3 is 2.00 bits per heavy atom. The van der Waals surface area contributed by atoms with Crippen molar-refractivity contribution >= 4 is 23.4 Å². The minimum Gasteiger partial charge on any atom is -0.448 e. The molecule has 2 aromatic carbocycles. The lowest BCUT2D eigenvalue weighted by Gasteiger charge is -2.26. The lowest BCUT2D eigenvalue weighted by molar-refractivity contribution is -0.141. The van der Waals surface area contributed by atoms with Gasteiger partial charge in [-0.2, -0.15) is 0 Å². The van der Waals surface area contributed by atoms with Gasteiger partial charge in [0.05, 0.1) is 5.69 Å². The molecule has 0 N–H and O–H groups in total. The zero-order chi connectivity index (χ0) is 19.9. The van der Waals surface area contributed by atoms with Crippen molar-refractivity contribution in [2.24, 2.45) is 0 Å². The number of amides is 1. The summed E-state index contributed by atoms with van der Waals surface area (Å²) < 4.78 is 9.13. The lowest BCUT2D eigenvalue weighted by Crippen LogP contribution is -2.39. The summed E-state index contributed by atoms with van der Waals surface area (Å²) in [5, 5.41) is 3.81. The molecule has 3 rings (SSSR count). The van der Waals surface area contributed by atoms with Gasteiger partial charge in [0.2, 0.25) is 0 Å². The first-order chi connectivity index (χ1) is 13.5. The third kappa shape index (κ3) is 5.01. The van der Waals surface area contributed by atoms with Crippen molar-refractivity contribution in [3.8, 4) is 0 Å². The topological polar surface area (TPSA) is 72.4 Å². The third-order valence-corrected chi connectivity index (χ3v) is 5.02. The van der Waals surface area contributed by atoms with Crippen LogP contribution in [0, 0.1) is 6.92 Å². The van der Waals surface area contributed by atoms with Crippen molar-refractivity contribution in [1.82, 2.24) is 14.5 Å². The highest BCUT2D eigenvalue weighted by molar-refractivity contribution is 7.07. The molecule has 0 spiro atoms.